The number of hydrogen-bond acceptors (Lipinski definition) is 5. The van der Waals surface area contributed by atoms with Crippen LogP contribution in [-0.4, -0.2) is 27.2 Å². The summed E-state index contributed by atoms with van der Waals surface area (Å²) < 4.78 is 3.64. The number of hydrogen-bond donors (Lipinski definition) is 2. The van der Waals surface area contributed by atoms with Crippen molar-refractivity contribution >= 4 is 17.4 Å². The van der Waals surface area contributed by atoms with Gasteiger partial charge in [-0.3, -0.25) is 4.79 Å². The summed E-state index contributed by atoms with van der Waals surface area (Å²) in [6.07, 6.45) is 0.959. The predicted molar refractivity (Wildman–Crippen MR) is 73.0 cm³/mol. The minimum atomic E-state index is -0.430. The molecule has 0 bridgehead atoms. The first-order valence-electron chi connectivity index (χ1n) is 6.02. The Morgan fingerprint density at radius 1 is 1.42 bits per heavy atom. The molecule has 2 aromatic rings. The van der Waals surface area contributed by atoms with Gasteiger partial charge in [0.15, 0.2) is 5.69 Å². The lowest BCUT2D eigenvalue weighted by atomic mass is 10.0. The maximum absolute atomic E-state index is 11.9. The Labute approximate surface area is 115 Å². The second-order valence-corrected chi connectivity index (χ2v) is 4.70. The van der Waals surface area contributed by atoms with Crippen molar-refractivity contribution in [1.82, 2.24) is 14.9 Å². The van der Waals surface area contributed by atoms with E-state index in [1.165, 1.54) is 5.56 Å². The average molecular weight is 277 g/mol. The van der Waals surface area contributed by atoms with Crippen LogP contribution >= 0.6 is 11.5 Å². The van der Waals surface area contributed by atoms with Crippen molar-refractivity contribution in [2.45, 2.75) is 19.4 Å². The summed E-state index contributed by atoms with van der Waals surface area (Å²) in [4.78, 5) is 11.9. The van der Waals surface area contributed by atoms with Gasteiger partial charge in [-0.15, -0.1) is 5.10 Å². The number of carbonyl (C=O) groups is 1. The summed E-state index contributed by atoms with van der Waals surface area (Å²) in [7, 11) is 0. The molecule has 2 N–H and O–H groups in total. The van der Waals surface area contributed by atoms with Gasteiger partial charge >= 0.3 is 0 Å². The molecular weight excluding hydrogens is 262 g/mol. The van der Waals surface area contributed by atoms with Gasteiger partial charge in [0, 0.05) is 5.38 Å². The van der Waals surface area contributed by atoms with E-state index < -0.39 is 6.04 Å². The Balaban J connectivity index is 2.09. The number of carbonyl (C=O) groups excluding carboxylic acids is 1. The van der Waals surface area contributed by atoms with Crippen LogP contribution < -0.4 is 5.32 Å². The van der Waals surface area contributed by atoms with E-state index in [9.17, 15) is 9.90 Å². The number of nitrogens with one attached hydrogen (secondary N) is 1. The molecule has 0 fully saturated rings. The van der Waals surface area contributed by atoms with Crippen molar-refractivity contribution in [2.24, 2.45) is 0 Å². The SMILES string of the molecule is CCc1ccc(C(CO)NC(=O)c2csnn2)cc1. The molecule has 1 amide bonds. The van der Waals surface area contributed by atoms with E-state index >= 15 is 0 Å². The highest BCUT2D eigenvalue weighted by molar-refractivity contribution is 7.03. The molecule has 0 aliphatic carbocycles. The number of nitrogens with zero attached hydrogens (tertiary/aromatic N) is 2. The van der Waals surface area contributed by atoms with Gasteiger partial charge in [0.05, 0.1) is 12.6 Å². The van der Waals surface area contributed by atoms with Crippen molar-refractivity contribution in [3.8, 4) is 0 Å². The molecule has 19 heavy (non-hydrogen) atoms. The number of amides is 1. The maximum atomic E-state index is 11.9. The lowest BCUT2D eigenvalue weighted by Gasteiger charge is -2.16. The quantitative estimate of drug-likeness (QED) is 0.869. The van der Waals surface area contributed by atoms with Crippen LogP contribution in [0.2, 0.25) is 0 Å². The summed E-state index contributed by atoms with van der Waals surface area (Å²) in [5, 5.41) is 17.4. The minimum absolute atomic E-state index is 0.158. The number of rotatable bonds is 5. The summed E-state index contributed by atoms with van der Waals surface area (Å²) in [5.74, 6) is -0.327. The van der Waals surface area contributed by atoms with E-state index in [-0.39, 0.29) is 18.2 Å². The van der Waals surface area contributed by atoms with Crippen molar-refractivity contribution in [3.63, 3.8) is 0 Å². The first kappa shape index (κ1) is 13.6. The van der Waals surface area contributed by atoms with Gasteiger partial charge in [0.25, 0.3) is 5.91 Å². The van der Waals surface area contributed by atoms with Gasteiger partial charge < -0.3 is 10.4 Å². The molecule has 0 aliphatic heterocycles. The van der Waals surface area contributed by atoms with Crippen molar-refractivity contribution in [1.29, 1.82) is 0 Å². The Morgan fingerprint density at radius 2 is 2.16 bits per heavy atom. The van der Waals surface area contributed by atoms with Crippen LogP contribution in [0.1, 0.15) is 34.6 Å². The molecule has 0 saturated heterocycles. The topological polar surface area (TPSA) is 75.1 Å². The standard InChI is InChI=1S/C13H15N3O2S/c1-2-9-3-5-10(6-4-9)11(7-17)14-13(18)12-8-19-16-15-12/h3-6,8,11,17H,2,7H2,1H3,(H,14,18). The summed E-state index contributed by atoms with van der Waals surface area (Å²) in [6, 6.07) is 7.39. The molecule has 1 aromatic carbocycles. The van der Waals surface area contributed by atoms with Gasteiger partial charge in [-0.25, -0.2) is 0 Å². The van der Waals surface area contributed by atoms with Gasteiger partial charge in [-0.05, 0) is 29.1 Å². The zero-order chi connectivity index (χ0) is 13.7. The van der Waals surface area contributed by atoms with Crippen LogP contribution in [-0.2, 0) is 6.42 Å². The second-order valence-electron chi connectivity index (χ2n) is 4.09. The van der Waals surface area contributed by atoms with Gasteiger partial charge in [0.1, 0.15) is 0 Å². The Kier molecular flexibility index (Phi) is 4.59. The van der Waals surface area contributed by atoms with Gasteiger partial charge in [-0.1, -0.05) is 35.7 Å². The molecule has 0 aliphatic rings. The molecule has 6 heteroatoms. The molecule has 0 radical (unpaired) electrons. The lowest BCUT2D eigenvalue weighted by Crippen LogP contribution is -2.31. The first-order chi connectivity index (χ1) is 9.24. The Hall–Kier alpha value is -1.79. The third kappa shape index (κ3) is 3.36. The normalized spacial score (nSPS) is 12.1. The van der Waals surface area contributed by atoms with E-state index in [1.807, 2.05) is 24.3 Å². The summed E-state index contributed by atoms with van der Waals surface area (Å²) >= 11 is 1.12. The highest BCUT2D eigenvalue weighted by Gasteiger charge is 2.16. The monoisotopic (exact) mass is 277 g/mol. The predicted octanol–water partition coefficient (Wildman–Crippen LogP) is 1.56. The minimum Gasteiger partial charge on any atom is -0.394 e. The molecule has 1 unspecified atom stereocenters. The van der Waals surface area contributed by atoms with Crippen LogP contribution in [0, 0.1) is 0 Å². The largest absolute Gasteiger partial charge is 0.394 e. The molecule has 1 aromatic heterocycles. The first-order valence-corrected chi connectivity index (χ1v) is 6.86. The van der Waals surface area contributed by atoms with E-state index in [4.69, 9.17) is 0 Å². The number of aryl methyl sites for hydroxylation is 1. The van der Waals surface area contributed by atoms with Crippen LogP contribution in [0.4, 0.5) is 0 Å². The zero-order valence-corrected chi connectivity index (χ0v) is 11.4. The summed E-state index contributed by atoms with van der Waals surface area (Å²) in [5.41, 5.74) is 2.36. The highest BCUT2D eigenvalue weighted by Crippen LogP contribution is 2.14. The highest BCUT2D eigenvalue weighted by atomic mass is 32.1. The van der Waals surface area contributed by atoms with Crippen LogP contribution in [0.15, 0.2) is 29.6 Å². The molecule has 1 atom stereocenters. The van der Waals surface area contributed by atoms with E-state index in [1.54, 1.807) is 5.38 Å². The Morgan fingerprint density at radius 3 is 2.68 bits per heavy atom. The number of benzene rings is 1. The zero-order valence-electron chi connectivity index (χ0n) is 10.5. The van der Waals surface area contributed by atoms with Crippen molar-refractivity contribution in [3.05, 3.63) is 46.5 Å². The fraction of sp³-hybridized carbons (Fsp3) is 0.308. The second kappa shape index (κ2) is 6.40. The van der Waals surface area contributed by atoms with Gasteiger partial charge in [0.2, 0.25) is 0 Å². The van der Waals surface area contributed by atoms with E-state index in [0.29, 0.717) is 0 Å². The van der Waals surface area contributed by atoms with Crippen LogP contribution in [0.3, 0.4) is 0 Å². The molecule has 1 heterocycles. The molecule has 100 valence electrons. The number of aliphatic hydroxyl groups excluding tert-OH is 1. The lowest BCUT2D eigenvalue weighted by molar-refractivity contribution is 0.0911. The smallest absolute Gasteiger partial charge is 0.273 e. The summed E-state index contributed by atoms with van der Waals surface area (Å²) in [6.45, 7) is 1.92. The molecule has 0 saturated carbocycles. The van der Waals surface area contributed by atoms with Crippen LogP contribution in [0.5, 0.6) is 0 Å². The average Bonchev–Trinajstić information content (AvgIpc) is 2.99. The number of aliphatic hydroxyl groups is 1. The number of aromatic nitrogens is 2. The molecule has 5 nitrogen and oxygen atoms in total. The van der Waals surface area contributed by atoms with Crippen molar-refractivity contribution < 1.29 is 9.90 Å². The third-order valence-corrected chi connectivity index (χ3v) is 3.38. The molecular formula is C13H15N3O2S. The van der Waals surface area contributed by atoms with Crippen LogP contribution in [0.25, 0.3) is 0 Å². The van der Waals surface area contributed by atoms with E-state index in [0.717, 1.165) is 23.5 Å². The molecule has 0 spiro atoms. The third-order valence-electron chi connectivity index (χ3n) is 2.87. The fourth-order valence-corrected chi connectivity index (χ4v) is 2.15. The Bertz CT molecular complexity index is 525. The van der Waals surface area contributed by atoms with Gasteiger partial charge in [-0.2, -0.15) is 0 Å². The van der Waals surface area contributed by atoms with Crippen molar-refractivity contribution in [2.75, 3.05) is 6.61 Å². The molecule has 2 rings (SSSR count). The van der Waals surface area contributed by atoms with E-state index in [2.05, 4.69) is 21.8 Å². The fourth-order valence-electron chi connectivity index (χ4n) is 1.72. The maximum Gasteiger partial charge on any atom is 0.273 e.